The maximum atomic E-state index is 12.1. The van der Waals surface area contributed by atoms with Gasteiger partial charge >= 0.3 is 5.97 Å². The second-order valence-electron chi connectivity index (χ2n) is 6.19. The Morgan fingerprint density at radius 1 is 1.19 bits per heavy atom. The maximum Gasteiger partial charge on any atom is 0.310 e. The molecule has 1 saturated carbocycles. The molecule has 1 aliphatic carbocycles. The number of benzene rings is 1. The fourth-order valence-electron chi connectivity index (χ4n) is 3.07. The summed E-state index contributed by atoms with van der Waals surface area (Å²) in [4.78, 5) is 24.0. The molecule has 0 saturated heterocycles. The van der Waals surface area contributed by atoms with E-state index in [0.29, 0.717) is 27.5 Å². The van der Waals surface area contributed by atoms with Crippen LogP contribution in [0.25, 0.3) is 0 Å². The molecule has 0 bridgehead atoms. The normalized spacial score (nSPS) is 14.4. The summed E-state index contributed by atoms with van der Waals surface area (Å²) < 4.78 is 6.86. The molecule has 0 aliphatic heterocycles. The van der Waals surface area contributed by atoms with E-state index in [9.17, 15) is 9.59 Å². The Kier molecular flexibility index (Phi) is 6.16. The number of aromatic nitrogens is 2. The van der Waals surface area contributed by atoms with E-state index in [2.05, 4.69) is 10.4 Å². The number of carbonyl (C=O) groups excluding carboxylic acids is 2. The molecule has 1 aromatic heterocycles. The molecule has 26 heavy (non-hydrogen) atoms. The maximum absolute atomic E-state index is 12.1. The smallest absolute Gasteiger partial charge is 0.310 e. The van der Waals surface area contributed by atoms with Crippen molar-refractivity contribution in [2.45, 2.75) is 38.1 Å². The Balaban J connectivity index is 1.51. The van der Waals surface area contributed by atoms with Gasteiger partial charge in [0.15, 0.2) is 6.61 Å². The third-order valence-corrected chi connectivity index (χ3v) is 5.06. The van der Waals surface area contributed by atoms with Gasteiger partial charge in [0.1, 0.15) is 5.82 Å². The summed E-state index contributed by atoms with van der Waals surface area (Å²) in [7, 11) is 0. The molecule has 6 nitrogen and oxygen atoms in total. The van der Waals surface area contributed by atoms with Crippen LogP contribution in [0.15, 0.2) is 30.5 Å². The van der Waals surface area contributed by atoms with Crippen LogP contribution in [0.1, 0.15) is 37.3 Å². The third-order valence-electron chi connectivity index (χ3n) is 4.36. The van der Waals surface area contributed by atoms with Crippen molar-refractivity contribution in [3.05, 3.63) is 46.1 Å². The summed E-state index contributed by atoms with van der Waals surface area (Å²) in [6, 6.07) is 7.03. The van der Waals surface area contributed by atoms with Crippen LogP contribution in [0.3, 0.4) is 0 Å². The molecule has 2 aromatic rings. The van der Waals surface area contributed by atoms with E-state index in [0.717, 1.165) is 12.8 Å². The van der Waals surface area contributed by atoms with Crippen LogP contribution >= 0.6 is 23.2 Å². The summed E-state index contributed by atoms with van der Waals surface area (Å²) in [5.41, 5.74) is 0.487. The zero-order valence-electron chi connectivity index (χ0n) is 14.1. The van der Waals surface area contributed by atoms with Gasteiger partial charge in [0.25, 0.3) is 5.91 Å². The van der Waals surface area contributed by atoms with Gasteiger partial charge < -0.3 is 10.1 Å². The first-order valence-corrected chi connectivity index (χ1v) is 9.22. The minimum Gasteiger partial charge on any atom is -0.455 e. The first-order chi connectivity index (χ1) is 12.5. The highest BCUT2D eigenvalue weighted by Gasteiger charge is 2.21. The molecule has 1 heterocycles. The quantitative estimate of drug-likeness (QED) is 0.749. The lowest BCUT2D eigenvalue weighted by Crippen LogP contribution is -2.24. The second-order valence-corrected chi connectivity index (χ2v) is 7.00. The molecule has 138 valence electrons. The van der Waals surface area contributed by atoms with Crippen LogP contribution < -0.4 is 5.32 Å². The molecule has 0 radical (unpaired) electrons. The average Bonchev–Trinajstić information content (AvgIpc) is 3.27. The van der Waals surface area contributed by atoms with E-state index < -0.39 is 11.9 Å². The monoisotopic (exact) mass is 395 g/mol. The highest BCUT2D eigenvalue weighted by molar-refractivity contribution is 6.36. The number of ether oxygens (including phenoxy) is 1. The van der Waals surface area contributed by atoms with Crippen LogP contribution in [-0.2, 0) is 20.7 Å². The Hall–Kier alpha value is -2.05. The van der Waals surface area contributed by atoms with Gasteiger partial charge in [0.05, 0.1) is 18.7 Å². The van der Waals surface area contributed by atoms with Crippen LogP contribution in [0.2, 0.25) is 10.0 Å². The number of hydrogen-bond donors (Lipinski definition) is 1. The molecule has 1 aliphatic rings. The summed E-state index contributed by atoms with van der Waals surface area (Å²) in [5.74, 6) is -0.366. The van der Waals surface area contributed by atoms with Crippen LogP contribution in [0.4, 0.5) is 5.82 Å². The molecule has 1 fully saturated rings. The molecule has 1 amide bonds. The minimum absolute atomic E-state index is 0.0915. The van der Waals surface area contributed by atoms with Gasteiger partial charge in [0.2, 0.25) is 0 Å². The zero-order valence-corrected chi connectivity index (χ0v) is 15.6. The lowest BCUT2D eigenvalue weighted by atomic mass is 10.1. The second kappa shape index (κ2) is 8.56. The standard InChI is InChI=1S/C18H19Cl2N3O3/c19-14-6-3-7-15(20)13(14)10-18(25)26-11-17(24)22-16-8-9-21-23(16)12-4-1-2-5-12/h3,6-9,12H,1-2,4-5,10-11H2,(H,22,24). The van der Waals surface area contributed by atoms with E-state index in [-0.39, 0.29) is 13.0 Å². The van der Waals surface area contributed by atoms with Gasteiger partial charge in [-0.2, -0.15) is 5.10 Å². The number of rotatable bonds is 6. The van der Waals surface area contributed by atoms with Crippen LogP contribution in [-0.4, -0.2) is 28.3 Å². The van der Waals surface area contributed by atoms with Gasteiger partial charge in [0, 0.05) is 21.7 Å². The summed E-state index contributed by atoms with van der Waals surface area (Å²) in [6.45, 7) is -0.378. The highest BCUT2D eigenvalue weighted by atomic mass is 35.5. The highest BCUT2D eigenvalue weighted by Crippen LogP contribution is 2.31. The van der Waals surface area contributed by atoms with Gasteiger partial charge in [-0.1, -0.05) is 42.1 Å². The van der Waals surface area contributed by atoms with Crippen LogP contribution in [0, 0.1) is 0 Å². The first kappa shape index (κ1) is 18.7. The van der Waals surface area contributed by atoms with Gasteiger partial charge in [-0.25, -0.2) is 4.68 Å². The SMILES string of the molecule is O=C(COC(=O)Cc1c(Cl)cccc1Cl)Nc1ccnn1C1CCCC1. The Bertz CT molecular complexity index is 780. The zero-order chi connectivity index (χ0) is 18.5. The number of nitrogens with one attached hydrogen (secondary N) is 1. The fourth-order valence-corrected chi connectivity index (χ4v) is 3.61. The Morgan fingerprint density at radius 2 is 1.88 bits per heavy atom. The minimum atomic E-state index is -0.570. The van der Waals surface area contributed by atoms with E-state index in [4.69, 9.17) is 27.9 Å². The molecule has 0 atom stereocenters. The predicted molar refractivity (Wildman–Crippen MR) is 99.5 cm³/mol. The number of hydrogen-bond acceptors (Lipinski definition) is 4. The van der Waals surface area contributed by atoms with Crippen LogP contribution in [0.5, 0.6) is 0 Å². The average molecular weight is 396 g/mol. The largest absolute Gasteiger partial charge is 0.455 e. The van der Waals surface area contributed by atoms with Crippen molar-refractivity contribution in [1.29, 1.82) is 0 Å². The molecule has 8 heteroatoms. The molecular formula is C18H19Cl2N3O3. The first-order valence-electron chi connectivity index (χ1n) is 8.46. The predicted octanol–water partition coefficient (Wildman–Crippen LogP) is 4.03. The number of nitrogens with zero attached hydrogens (tertiary/aromatic N) is 2. The third kappa shape index (κ3) is 4.56. The van der Waals surface area contributed by atoms with E-state index in [1.165, 1.54) is 12.8 Å². The topological polar surface area (TPSA) is 73.2 Å². The van der Waals surface area contributed by atoms with Gasteiger partial charge in [-0.15, -0.1) is 0 Å². The Morgan fingerprint density at radius 3 is 2.58 bits per heavy atom. The number of halogens is 2. The van der Waals surface area contributed by atoms with Crippen molar-refractivity contribution in [3.8, 4) is 0 Å². The lowest BCUT2D eigenvalue weighted by Gasteiger charge is -2.14. The molecular weight excluding hydrogens is 377 g/mol. The van der Waals surface area contributed by atoms with Crippen molar-refractivity contribution in [3.63, 3.8) is 0 Å². The van der Waals surface area contributed by atoms with Gasteiger partial charge in [-0.3, -0.25) is 9.59 Å². The van der Waals surface area contributed by atoms with Gasteiger partial charge in [-0.05, 0) is 25.0 Å². The lowest BCUT2D eigenvalue weighted by molar-refractivity contribution is -0.146. The summed E-state index contributed by atoms with van der Waals surface area (Å²) >= 11 is 12.1. The molecule has 0 unspecified atom stereocenters. The number of carbonyl (C=O) groups is 2. The number of amides is 1. The summed E-state index contributed by atoms with van der Waals surface area (Å²) in [6.07, 6.45) is 6.00. The van der Waals surface area contributed by atoms with Crippen molar-refractivity contribution in [2.24, 2.45) is 0 Å². The van der Waals surface area contributed by atoms with Crippen molar-refractivity contribution in [1.82, 2.24) is 9.78 Å². The van der Waals surface area contributed by atoms with E-state index >= 15 is 0 Å². The van der Waals surface area contributed by atoms with E-state index in [1.54, 1.807) is 30.5 Å². The van der Waals surface area contributed by atoms with Crippen molar-refractivity contribution in [2.75, 3.05) is 11.9 Å². The Labute approximate surface area is 161 Å². The molecule has 3 rings (SSSR count). The number of esters is 1. The number of anilines is 1. The van der Waals surface area contributed by atoms with Crippen molar-refractivity contribution < 1.29 is 14.3 Å². The molecule has 1 N–H and O–H groups in total. The molecule has 1 aromatic carbocycles. The van der Waals surface area contributed by atoms with Crippen molar-refractivity contribution >= 4 is 40.9 Å². The summed E-state index contributed by atoms with van der Waals surface area (Å²) in [5, 5.41) is 7.80. The fraction of sp³-hybridized carbons (Fsp3) is 0.389. The molecule has 0 spiro atoms. The van der Waals surface area contributed by atoms with E-state index in [1.807, 2.05) is 4.68 Å².